The molecule has 0 fully saturated rings. The second-order valence-electron chi connectivity index (χ2n) is 4.43. The Labute approximate surface area is 102 Å². The second-order valence-corrected chi connectivity index (χ2v) is 4.43. The summed E-state index contributed by atoms with van der Waals surface area (Å²) < 4.78 is 0. The van der Waals surface area contributed by atoms with Gasteiger partial charge in [0.05, 0.1) is 6.10 Å². The lowest BCUT2D eigenvalue weighted by atomic mass is 10.1. The number of hydrogen-bond donors (Lipinski definition) is 2. The average molecular weight is 232 g/mol. The van der Waals surface area contributed by atoms with Crippen LogP contribution in [0.4, 0.5) is 0 Å². The molecule has 0 aliphatic heterocycles. The Morgan fingerprint density at radius 2 is 1.19 bits per heavy atom. The Morgan fingerprint density at radius 1 is 0.812 bits per heavy atom. The second kappa shape index (κ2) is 17.3. The molecule has 0 aromatic heterocycles. The van der Waals surface area contributed by atoms with E-state index in [9.17, 15) is 0 Å². The summed E-state index contributed by atoms with van der Waals surface area (Å²) in [5.41, 5.74) is 0. The Morgan fingerprint density at radius 3 is 1.56 bits per heavy atom. The summed E-state index contributed by atoms with van der Waals surface area (Å²) in [6, 6.07) is 0. The maximum absolute atomic E-state index is 9.03. The van der Waals surface area contributed by atoms with E-state index >= 15 is 0 Å². The van der Waals surface area contributed by atoms with Crippen molar-refractivity contribution in [1.82, 2.24) is 0 Å². The summed E-state index contributed by atoms with van der Waals surface area (Å²) in [4.78, 5) is 0. The van der Waals surface area contributed by atoms with Crippen molar-refractivity contribution in [2.24, 2.45) is 0 Å². The van der Waals surface area contributed by atoms with Crippen molar-refractivity contribution < 1.29 is 10.2 Å². The zero-order valence-electron chi connectivity index (χ0n) is 11.5. The largest absolute Gasteiger partial charge is 0.397 e. The highest BCUT2D eigenvalue weighted by molar-refractivity contribution is 4.49. The van der Waals surface area contributed by atoms with Crippen LogP contribution in [0.1, 0.15) is 78.6 Å². The average Bonchev–Trinajstić information content (AvgIpc) is 2.23. The van der Waals surface area contributed by atoms with Crippen molar-refractivity contribution in [1.29, 1.82) is 0 Å². The number of aliphatic hydroxyl groups is 2. The standard InChI is InChI=1S/C12H26O.C2H6O/c1-3-4-5-6-7-8-9-10-11-12(2)13;1-2-3/h12-13H,3-11H2,1-2H3;3H,2H2,1H3. The third-order valence-electron chi connectivity index (χ3n) is 2.48. The fourth-order valence-electron chi connectivity index (χ4n) is 1.57. The van der Waals surface area contributed by atoms with Crippen LogP contribution in [0.25, 0.3) is 0 Å². The van der Waals surface area contributed by atoms with Crippen molar-refractivity contribution in [3.8, 4) is 0 Å². The van der Waals surface area contributed by atoms with Gasteiger partial charge < -0.3 is 10.2 Å². The Balaban J connectivity index is 0. The molecule has 0 aromatic carbocycles. The van der Waals surface area contributed by atoms with Crippen molar-refractivity contribution >= 4 is 0 Å². The minimum Gasteiger partial charge on any atom is -0.397 e. The highest BCUT2D eigenvalue weighted by Gasteiger charge is 1.95. The number of aliphatic hydroxyl groups excluding tert-OH is 2. The van der Waals surface area contributed by atoms with E-state index in [1.807, 2.05) is 6.92 Å². The third-order valence-corrected chi connectivity index (χ3v) is 2.48. The maximum atomic E-state index is 9.03. The van der Waals surface area contributed by atoms with E-state index in [1.165, 1.54) is 51.4 Å². The molecule has 2 heteroatoms. The lowest BCUT2D eigenvalue weighted by Gasteiger charge is -2.03. The van der Waals surface area contributed by atoms with E-state index in [2.05, 4.69) is 6.92 Å². The summed E-state index contributed by atoms with van der Waals surface area (Å²) in [6.07, 6.45) is 11.7. The molecule has 0 rings (SSSR count). The van der Waals surface area contributed by atoms with E-state index in [0.717, 1.165) is 6.42 Å². The van der Waals surface area contributed by atoms with E-state index in [0.29, 0.717) is 0 Å². The van der Waals surface area contributed by atoms with Gasteiger partial charge in [0.2, 0.25) is 0 Å². The van der Waals surface area contributed by atoms with Gasteiger partial charge in [-0.25, -0.2) is 0 Å². The highest BCUT2D eigenvalue weighted by atomic mass is 16.3. The summed E-state index contributed by atoms with van der Waals surface area (Å²) in [6.45, 7) is 6.06. The third kappa shape index (κ3) is 23.6. The van der Waals surface area contributed by atoms with Crippen LogP contribution in [0.5, 0.6) is 0 Å². The van der Waals surface area contributed by atoms with Crippen LogP contribution >= 0.6 is 0 Å². The molecular formula is C14H32O2. The first-order chi connectivity index (χ1) is 7.68. The van der Waals surface area contributed by atoms with E-state index in [1.54, 1.807) is 6.92 Å². The van der Waals surface area contributed by atoms with Crippen molar-refractivity contribution in [3.05, 3.63) is 0 Å². The SMILES string of the molecule is CCCCCCCCCCC(C)O.CCO. The molecule has 0 saturated heterocycles. The van der Waals surface area contributed by atoms with Crippen LogP contribution < -0.4 is 0 Å². The molecule has 2 nitrogen and oxygen atoms in total. The Kier molecular flexibility index (Phi) is 19.8. The fraction of sp³-hybridized carbons (Fsp3) is 1.00. The lowest BCUT2D eigenvalue weighted by Crippen LogP contribution is -1.98. The van der Waals surface area contributed by atoms with Crippen molar-refractivity contribution in [2.75, 3.05) is 6.61 Å². The first kappa shape index (κ1) is 18.3. The van der Waals surface area contributed by atoms with Crippen molar-refractivity contribution in [3.63, 3.8) is 0 Å². The first-order valence-electron chi connectivity index (χ1n) is 6.97. The molecule has 16 heavy (non-hydrogen) atoms. The van der Waals surface area contributed by atoms with Crippen LogP contribution in [-0.4, -0.2) is 22.9 Å². The first-order valence-corrected chi connectivity index (χ1v) is 6.97. The smallest absolute Gasteiger partial charge is 0.0512 e. The van der Waals surface area contributed by atoms with Crippen LogP contribution in [-0.2, 0) is 0 Å². The van der Waals surface area contributed by atoms with Gasteiger partial charge in [-0.3, -0.25) is 0 Å². The van der Waals surface area contributed by atoms with Gasteiger partial charge >= 0.3 is 0 Å². The fourth-order valence-corrected chi connectivity index (χ4v) is 1.57. The van der Waals surface area contributed by atoms with Crippen molar-refractivity contribution in [2.45, 2.75) is 84.7 Å². The monoisotopic (exact) mass is 232 g/mol. The highest BCUT2D eigenvalue weighted by Crippen LogP contribution is 2.10. The summed E-state index contributed by atoms with van der Waals surface area (Å²) in [5.74, 6) is 0. The van der Waals surface area contributed by atoms with Crippen LogP contribution in [0, 0.1) is 0 Å². The molecule has 0 amide bonds. The van der Waals surface area contributed by atoms with E-state index < -0.39 is 0 Å². The number of rotatable bonds is 9. The molecular weight excluding hydrogens is 200 g/mol. The molecule has 0 aliphatic rings. The van der Waals surface area contributed by atoms with Gasteiger partial charge in [-0.1, -0.05) is 58.3 Å². The molecule has 0 aliphatic carbocycles. The van der Waals surface area contributed by atoms with Gasteiger partial charge in [-0.2, -0.15) is 0 Å². The minimum absolute atomic E-state index is 0.0971. The van der Waals surface area contributed by atoms with Gasteiger partial charge in [0.1, 0.15) is 0 Å². The van der Waals surface area contributed by atoms with E-state index in [4.69, 9.17) is 10.2 Å². The number of unbranched alkanes of at least 4 members (excludes halogenated alkanes) is 7. The van der Waals surface area contributed by atoms with Crippen LogP contribution in [0.2, 0.25) is 0 Å². The Bertz CT molecular complexity index is 103. The minimum atomic E-state index is -0.0971. The summed E-state index contributed by atoms with van der Waals surface area (Å²) >= 11 is 0. The van der Waals surface area contributed by atoms with Gasteiger partial charge in [0, 0.05) is 6.61 Å². The molecule has 100 valence electrons. The summed E-state index contributed by atoms with van der Waals surface area (Å²) in [5, 5.41) is 16.6. The molecule has 0 heterocycles. The zero-order valence-corrected chi connectivity index (χ0v) is 11.5. The molecule has 0 radical (unpaired) electrons. The molecule has 1 unspecified atom stereocenters. The number of hydrogen-bond acceptors (Lipinski definition) is 2. The van der Waals surface area contributed by atoms with Gasteiger partial charge in [-0.05, 0) is 20.3 Å². The van der Waals surface area contributed by atoms with Crippen LogP contribution in [0.15, 0.2) is 0 Å². The van der Waals surface area contributed by atoms with Crippen LogP contribution in [0.3, 0.4) is 0 Å². The molecule has 1 atom stereocenters. The van der Waals surface area contributed by atoms with E-state index in [-0.39, 0.29) is 12.7 Å². The maximum Gasteiger partial charge on any atom is 0.0512 e. The zero-order chi connectivity index (χ0) is 12.6. The molecule has 0 spiro atoms. The predicted octanol–water partition coefficient (Wildman–Crippen LogP) is 3.90. The predicted molar refractivity (Wildman–Crippen MR) is 71.7 cm³/mol. The summed E-state index contributed by atoms with van der Waals surface area (Å²) in [7, 11) is 0. The molecule has 2 N–H and O–H groups in total. The molecule has 0 bridgehead atoms. The van der Waals surface area contributed by atoms with Gasteiger partial charge in [-0.15, -0.1) is 0 Å². The Hall–Kier alpha value is -0.0800. The normalized spacial score (nSPS) is 11.8. The molecule has 0 saturated carbocycles. The topological polar surface area (TPSA) is 40.5 Å². The quantitative estimate of drug-likeness (QED) is 0.592. The van der Waals surface area contributed by atoms with Gasteiger partial charge in [0.15, 0.2) is 0 Å². The van der Waals surface area contributed by atoms with Gasteiger partial charge in [0.25, 0.3) is 0 Å². The molecule has 0 aromatic rings. The lowest BCUT2D eigenvalue weighted by molar-refractivity contribution is 0.180.